The number of aliphatic hydroxyl groups excluding tert-OH is 2. The van der Waals surface area contributed by atoms with Crippen LogP contribution < -0.4 is 10.1 Å². The van der Waals surface area contributed by atoms with Crippen LogP contribution in [-0.2, 0) is 11.2 Å². The fourth-order valence-corrected chi connectivity index (χ4v) is 4.57. The van der Waals surface area contributed by atoms with Gasteiger partial charge in [0.1, 0.15) is 29.5 Å². The van der Waals surface area contributed by atoms with Crippen LogP contribution in [0.4, 0.5) is 13.2 Å². The number of thioether (sulfide) groups is 1. The topological polar surface area (TPSA) is 104 Å². The van der Waals surface area contributed by atoms with Gasteiger partial charge in [0.05, 0.1) is 13.2 Å². The summed E-state index contributed by atoms with van der Waals surface area (Å²) in [5.41, 5.74) is -3.73. The first-order chi connectivity index (χ1) is 13.6. The molecule has 0 bridgehead atoms. The third-order valence-electron chi connectivity index (χ3n) is 5.24. The Hall–Kier alpha value is -1.53. The first-order valence-electron chi connectivity index (χ1n) is 8.94. The third kappa shape index (κ3) is 4.19. The second kappa shape index (κ2) is 8.31. The van der Waals surface area contributed by atoms with Crippen LogP contribution >= 0.6 is 11.8 Å². The lowest BCUT2D eigenvalue weighted by atomic mass is 9.81. The molecule has 7 nitrogen and oxygen atoms in total. The van der Waals surface area contributed by atoms with Crippen molar-refractivity contribution in [3.05, 3.63) is 29.8 Å². The quantitative estimate of drug-likeness (QED) is 0.547. The van der Waals surface area contributed by atoms with Gasteiger partial charge < -0.3 is 30.1 Å². The van der Waals surface area contributed by atoms with E-state index in [2.05, 4.69) is 10.3 Å². The Morgan fingerprint density at radius 3 is 2.41 bits per heavy atom. The standard InChI is InChI=1S/C18H23F3N2O5S/c1-22-16-23-11-12(24)13(25)14(28-15(11)29-16)17(26,18(19,20)21)8-7-9-3-5-10(27-2)6-4-9/h3-6,11-15,24-26H,7-8H2,1-2H3,(H,22,23)/t11-,12-,13+,14?,15-,17+/m1/s1. The largest absolute Gasteiger partial charge is 0.497 e. The van der Waals surface area contributed by atoms with E-state index in [1.165, 1.54) is 14.2 Å². The van der Waals surface area contributed by atoms with Crippen LogP contribution in [0, 0.1) is 0 Å². The van der Waals surface area contributed by atoms with Crippen LogP contribution in [0.15, 0.2) is 29.3 Å². The number of hydrogen-bond donors (Lipinski definition) is 4. The average molecular weight is 436 g/mol. The maximum absolute atomic E-state index is 13.9. The van der Waals surface area contributed by atoms with Crippen LogP contribution in [0.2, 0.25) is 0 Å². The summed E-state index contributed by atoms with van der Waals surface area (Å²) in [4.78, 5) is 3.90. The fourth-order valence-electron chi connectivity index (χ4n) is 3.49. The van der Waals surface area contributed by atoms with Crippen molar-refractivity contribution >= 4 is 16.9 Å². The predicted molar refractivity (Wildman–Crippen MR) is 101 cm³/mol. The van der Waals surface area contributed by atoms with Crippen molar-refractivity contribution < 1.29 is 38.0 Å². The van der Waals surface area contributed by atoms with Crippen molar-refractivity contribution in [2.75, 3.05) is 14.2 Å². The minimum Gasteiger partial charge on any atom is -0.497 e. The van der Waals surface area contributed by atoms with Crippen molar-refractivity contribution in [3.63, 3.8) is 0 Å². The van der Waals surface area contributed by atoms with Gasteiger partial charge in [0.15, 0.2) is 10.8 Å². The molecule has 0 radical (unpaired) electrons. The molecule has 2 saturated heterocycles. The number of aliphatic hydroxyl groups is 3. The van der Waals surface area contributed by atoms with E-state index < -0.39 is 48.0 Å². The lowest BCUT2D eigenvalue weighted by molar-refractivity contribution is -0.326. The van der Waals surface area contributed by atoms with E-state index in [4.69, 9.17) is 9.47 Å². The molecule has 3 rings (SSSR count). The highest BCUT2D eigenvalue weighted by Gasteiger charge is 2.65. The summed E-state index contributed by atoms with van der Waals surface area (Å²) in [5.74, 6) is 0.555. The molecule has 0 saturated carbocycles. The van der Waals surface area contributed by atoms with Gasteiger partial charge in [-0.25, -0.2) is 0 Å². The zero-order valence-corrected chi connectivity index (χ0v) is 16.6. The van der Waals surface area contributed by atoms with Gasteiger partial charge in [-0.3, -0.25) is 4.99 Å². The number of hydrogen-bond acceptors (Lipinski definition) is 7. The highest BCUT2D eigenvalue weighted by atomic mass is 32.2. The summed E-state index contributed by atoms with van der Waals surface area (Å²) in [7, 11) is 2.95. The lowest BCUT2D eigenvalue weighted by Crippen LogP contribution is -2.68. The zero-order chi connectivity index (χ0) is 21.4. The van der Waals surface area contributed by atoms with E-state index in [9.17, 15) is 28.5 Å². The lowest BCUT2D eigenvalue weighted by Gasteiger charge is -2.46. The van der Waals surface area contributed by atoms with Gasteiger partial charge in [0.2, 0.25) is 0 Å². The number of amidine groups is 1. The van der Waals surface area contributed by atoms with Gasteiger partial charge >= 0.3 is 6.18 Å². The molecule has 1 aromatic rings. The molecule has 6 atom stereocenters. The second-order valence-corrected chi connectivity index (χ2v) is 8.08. The Morgan fingerprint density at radius 1 is 1.21 bits per heavy atom. The molecule has 0 aliphatic carbocycles. The molecule has 1 aromatic carbocycles. The van der Waals surface area contributed by atoms with Crippen molar-refractivity contribution in [3.8, 4) is 5.75 Å². The van der Waals surface area contributed by atoms with Crippen LogP contribution in [0.3, 0.4) is 0 Å². The number of nitrogens with one attached hydrogen (secondary N) is 1. The Balaban J connectivity index is 1.83. The first-order valence-corrected chi connectivity index (χ1v) is 9.82. The number of rotatable bonds is 5. The van der Waals surface area contributed by atoms with Crippen LogP contribution in [0.1, 0.15) is 12.0 Å². The van der Waals surface area contributed by atoms with E-state index in [1.54, 1.807) is 24.3 Å². The molecule has 0 amide bonds. The van der Waals surface area contributed by atoms with E-state index in [1.807, 2.05) is 0 Å². The van der Waals surface area contributed by atoms with Gasteiger partial charge in [-0.15, -0.1) is 0 Å². The van der Waals surface area contributed by atoms with Crippen molar-refractivity contribution in [2.24, 2.45) is 4.99 Å². The average Bonchev–Trinajstić information content (AvgIpc) is 3.12. The minimum atomic E-state index is -5.09. The van der Waals surface area contributed by atoms with Gasteiger partial charge in [-0.1, -0.05) is 23.9 Å². The first kappa shape index (κ1) is 22.2. The van der Waals surface area contributed by atoms with Crippen LogP contribution in [-0.4, -0.2) is 76.2 Å². The Kier molecular flexibility index (Phi) is 6.35. The molecule has 2 heterocycles. The molecule has 2 fully saturated rings. The molecule has 0 spiro atoms. The normalized spacial score (nSPS) is 33.1. The summed E-state index contributed by atoms with van der Waals surface area (Å²) in [6.45, 7) is 0. The molecule has 1 unspecified atom stereocenters. The van der Waals surface area contributed by atoms with Gasteiger partial charge in [-0.2, -0.15) is 13.2 Å². The predicted octanol–water partition coefficient (Wildman–Crippen LogP) is 1.06. The van der Waals surface area contributed by atoms with Crippen molar-refractivity contribution in [1.29, 1.82) is 0 Å². The fraction of sp³-hybridized carbons (Fsp3) is 0.611. The van der Waals surface area contributed by atoms with E-state index >= 15 is 0 Å². The SMILES string of the molecule is CN=C1N[C@@H]2[C@@H](O)[C@H](O)C([C@@](O)(CCc3ccc(OC)cc3)C(F)(F)F)O[C@@H]2S1. The Bertz CT molecular complexity index is 748. The Labute approximate surface area is 169 Å². The number of fused-ring (bicyclic) bond motifs is 1. The van der Waals surface area contributed by atoms with Crippen molar-refractivity contribution in [2.45, 2.75) is 54.4 Å². The number of aryl methyl sites for hydroxylation is 1. The number of halogens is 3. The van der Waals surface area contributed by atoms with Gasteiger partial charge in [-0.05, 0) is 30.5 Å². The van der Waals surface area contributed by atoms with Gasteiger partial charge in [0.25, 0.3) is 0 Å². The number of aliphatic imine (C=N–C) groups is 1. The highest BCUT2D eigenvalue weighted by Crippen LogP contribution is 2.44. The molecule has 11 heteroatoms. The maximum Gasteiger partial charge on any atom is 0.419 e. The van der Waals surface area contributed by atoms with E-state index in [0.717, 1.165) is 11.8 Å². The highest BCUT2D eigenvalue weighted by molar-refractivity contribution is 8.14. The smallest absolute Gasteiger partial charge is 0.419 e. The number of benzene rings is 1. The number of alkyl halides is 3. The molecular weight excluding hydrogens is 413 g/mol. The molecule has 0 aromatic heterocycles. The zero-order valence-electron chi connectivity index (χ0n) is 15.8. The molecule has 2 aliphatic heterocycles. The summed E-state index contributed by atoms with van der Waals surface area (Å²) < 4.78 is 52.2. The molecule has 29 heavy (non-hydrogen) atoms. The number of ether oxygens (including phenoxy) is 2. The van der Waals surface area contributed by atoms with E-state index in [-0.39, 0.29) is 6.42 Å². The minimum absolute atomic E-state index is 0.121. The summed E-state index contributed by atoms with van der Waals surface area (Å²) in [6.07, 6.45) is -11.5. The summed E-state index contributed by atoms with van der Waals surface area (Å²) in [6, 6.07) is 5.58. The monoisotopic (exact) mass is 436 g/mol. The summed E-state index contributed by atoms with van der Waals surface area (Å²) >= 11 is 1.00. The summed E-state index contributed by atoms with van der Waals surface area (Å²) in [5, 5.41) is 34.6. The molecule has 4 N–H and O–H groups in total. The number of nitrogens with zero attached hydrogens (tertiary/aromatic N) is 1. The van der Waals surface area contributed by atoms with Gasteiger partial charge in [0, 0.05) is 7.05 Å². The van der Waals surface area contributed by atoms with Crippen LogP contribution in [0.5, 0.6) is 5.75 Å². The third-order valence-corrected chi connectivity index (χ3v) is 6.40. The van der Waals surface area contributed by atoms with Crippen LogP contribution in [0.25, 0.3) is 0 Å². The Morgan fingerprint density at radius 2 is 1.86 bits per heavy atom. The molecule has 162 valence electrons. The second-order valence-electron chi connectivity index (χ2n) is 6.99. The maximum atomic E-state index is 13.9. The number of methoxy groups -OCH3 is 1. The van der Waals surface area contributed by atoms with E-state index in [0.29, 0.717) is 16.5 Å². The molecule has 2 aliphatic rings. The van der Waals surface area contributed by atoms with Crippen molar-refractivity contribution in [1.82, 2.24) is 5.32 Å². The molecular formula is C18H23F3N2O5S.